The van der Waals surface area contributed by atoms with Gasteiger partial charge in [0.1, 0.15) is 0 Å². The molecule has 0 spiro atoms. The summed E-state index contributed by atoms with van der Waals surface area (Å²) in [4.78, 5) is 21.5. The number of hydrogen-bond donors (Lipinski definition) is 2. The maximum absolute atomic E-state index is 11.3. The molecule has 0 fully saturated rings. The maximum Gasteiger partial charge on any atom is 0.335 e. The number of alkyl halides is 1. The number of nitrogens with one attached hydrogen (secondary N) is 1. The van der Waals surface area contributed by atoms with Crippen LogP contribution in [0.5, 0.6) is 0 Å². The van der Waals surface area contributed by atoms with Crippen molar-refractivity contribution >= 4 is 33.5 Å². The third-order valence-electron chi connectivity index (χ3n) is 1.76. The lowest BCUT2D eigenvalue weighted by Gasteiger charge is -2.06. The van der Waals surface area contributed by atoms with Crippen molar-refractivity contribution in [3.05, 3.63) is 29.8 Å². The molecule has 1 aromatic carbocycles. The first-order valence-corrected chi connectivity index (χ1v) is 5.20. The molecule has 2 N–H and O–H groups in total. The molecule has 0 aliphatic heterocycles. The van der Waals surface area contributed by atoms with E-state index in [1.165, 1.54) is 12.1 Å². The Morgan fingerprint density at radius 3 is 2.27 bits per heavy atom. The number of carboxylic acid groups (broad SMARTS) is 1. The first-order valence-electron chi connectivity index (χ1n) is 4.29. The summed E-state index contributed by atoms with van der Waals surface area (Å²) in [5.41, 5.74) is 0.774. The third-order valence-corrected chi connectivity index (χ3v) is 2.18. The van der Waals surface area contributed by atoms with Crippen LogP contribution in [-0.2, 0) is 4.79 Å². The fraction of sp³-hybridized carbons (Fsp3) is 0.200. The summed E-state index contributed by atoms with van der Waals surface area (Å²) in [6, 6.07) is 5.99. The average molecular weight is 272 g/mol. The number of halogens is 1. The number of carboxylic acids is 1. The van der Waals surface area contributed by atoms with E-state index in [0.29, 0.717) is 5.69 Å². The molecule has 0 aliphatic carbocycles. The minimum absolute atomic E-state index is 0.168. The van der Waals surface area contributed by atoms with Crippen molar-refractivity contribution < 1.29 is 14.7 Å². The van der Waals surface area contributed by atoms with Gasteiger partial charge in [0.25, 0.3) is 0 Å². The number of rotatable bonds is 3. The number of carbonyl (C=O) groups excluding carboxylic acids is 1. The van der Waals surface area contributed by atoms with Gasteiger partial charge in [0.2, 0.25) is 5.91 Å². The van der Waals surface area contributed by atoms with Crippen molar-refractivity contribution in [3.63, 3.8) is 0 Å². The first kappa shape index (κ1) is 11.7. The summed E-state index contributed by atoms with van der Waals surface area (Å²) in [6.45, 7) is 1.71. The molecule has 1 rings (SSSR count). The van der Waals surface area contributed by atoms with Crippen LogP contribution in [0, 0.1) is 0 Å². The third kappa shape index (κ3) is 3.36. The lowest BCUT2D eigenvalue weighted by Crippen LogP contribution is -2.19. The molecule has 15 heavy (non-hydrogen) atoms. The highest BCUT2D eigenvalue weighted by Crippen LogP contribution is 2.11. The van der Waals surface area contributed by atoms with Gasteiger partial charge in [-0.2, -0.15) is 0 Å². The highest BCUT2D eigenvalue weighted by atomic mass is 79.9. The van der Waals surface area contributed by atoms with E-state index in [1.54, 1.807) is 19.1 Å². The van der Waals surface area contributed by atoms with Gasteiger partial charge in [-0.3, -0.25) is 4.79 Å². The summed E-state index contributed by atoms with van der Waals surface area (Å²) in [5.74, 6) is -1.15. The summed E-state index contributed by atoms with van der Waals surface area (Å²) >= 11 is 3.13. The molecule has 0 aliphatic rings. The Morgan fingerprint density at radius 2 is 1.87 bits per heavy atom. The Labute approximate surface area is 95.4 Å². The van der Waals surface area contributed by atoms with Crippen LogP contribution in [0.15, 0.2) is 24.3 Å². The molecule has 0 saturated heterocycles. The second-order valence-electron chi connectivity index (χ2n) is 2.99. The van der Waals surface area contributed by atoms with Gasteiger partial charge in [0.05, 0.1) is 10.4 Å². The summed E-state index contributed by atoms with van der Waals surface area (Å²) in [7, 11) is 0. The topological polar surface area (TPSA) is 66.4 Å². The van der Waals surface area contributed by atoms with Crippen LogP contribution in [0.1, 0.15) is 17.3 Å². The predicted molar refractivity (Wildman–Crippen MR) is 60.4 cm³/mol. The highest BCUT2D eigenvalue weighted by Gasteiger charge is 2.08. The molecule has 1 atom stereocenters. The molecule has 4 nitrogen and oxygen atoms in total. The van der Waals surface area contributed by atoms with E-state index in [1.807, 2.05) is 0 Å². The van der Waals surface area contributed by atoms with Gasteiger partial charge < -0.3 is 10.4 Å². The van der Waals surface area contributed by atoms with Gasteiger partial charge in [-0.15, -0.1) is 0 Å². The molecule has 0 heterocycles. The largest absolute Gasteiger partial charge is 0.478 e. The smallest absolute Gasteiger partial charge is 0.335 e. The van der Waals surface area contributed by atoms with Gasteiger partial charge in [0, 0.05) is 5.69 Å². The van der Waals surface area contributed by atoms with E-state index in [4.69, 9.17) is 5.11 Å². The molecule has 80 valence electrons. The zero-order valence-corrected chi connectivity index (χ0v) is 9.61. The highest BCUT2D eigenvalue weighted by molar-refractivity contribution is 9.10. The van der Waals surface area contributed by atoms with Crippen molar-refractivity contribution in [2.75, 3.05) is 5.32 Å². The standard InChI is InChI=1S/C10H10BrNO3/c1-6(11)9(13)12-8-4-2-7(3-5-8)10(14)15/h2-6H,1H3,(H,12,13)(H,14,15). The quantitative estimate of drug-likeness (QED) is 0.828. The van der Waals surface area contributed by atoms with Crippen molar-refractivity contribution in [2.45, 2.75) is 11.8 Å². The van der Waals surface area contributed by atoms with Crippen molar-refractivity contribution in [3.8, 4) is 0 Å². The van der Waals surface area contributed by atoms with Crippen LogP contribution in [-0.4, -0.2) is 21.8 Å². The SMILES string of the molecule is CC(Br)C(=O)Nc1ccc(C(=O)O)cc1. The minimum atomic E-state index is -0.985. The Morgan fingerprint density at radius 1 is 1.33 bits per heavy atom. The fourth-order valence-corrected chi connectivity index (χ4v) is 1.05. The van der Waals surface area contributed by atoms with Crippen molar-refractivity contribution in [1.82, 2.24) is 0 Å². The average Bonchev–Trinajstić information content (AvgIpc) is 2.18. The van der Waals surface area contributed by atoms with Crippen LogP contribution in [0.4, 0.5) is 5.69 Å². The summed E-state index contributed by atoms with van der Waals surface area (Å²) in [5, 5.41) is 11.3. The number of anilines is 1. The fourth-order valence-electron chi connectivity index (χ4n) is 0.938. The lowest BCUT2D eigenvalue weighted by molar-refractivity contribution is -0.115. The van der Waals surface area contributed by atoms with E-state index in [2.05, 4.69) is 21.2 Å². The molecule has 5 heteroatoms. The van der Waals surface area contributed by atoms with Crippen molar-refractivity contribution in [2.24, 2.45) is 0 Å². The Bertz CT molecular complexity index is 373. The zero-order chi connectivity index (χ0) is 11.4. The second kappa shape index (κ2) is 4.93. The first-order chi connectivity index (χ1) is 7.00. The molecular weight excluding hydrogens is 262 g/mol. The Hall–Kier alpha value is -1.36. The maximum atomic E-state index is 11.3. The van der Waals surface area contributed by atoms with Gasteiger partial charge in [0.15, 0.2) is 0 Å². The molecule has 0 aromatic heterocycles. The molecule has 0 saturated carbocycles. The van der Waals surface area contributed by atoms with Gasteiger partial charge >= 0.3 is 5.97 Å². The molecule has 1 aromatic rings. The van der Waals surface area contributed by atoms with Crippen LogP contribution in [0.3, 0.4) is 0 Å². The second-order valence-corrected chi connectivity index (χ2v) is 4.36. The van der Waals surface area contributed by atoms with Crippen molar-refractivity contribution in [1.29, 1.82) is 0 Å². The van der Waals surface area contributed by atoms with Crippen LogP contribution >= 0.6 is 15.9 Å². The predicted octanol–water partition coefficient (Wildman–Crippen LogP) is 2.11. The molecule has 1 amide bonds. The van der Waals surface area contributed by atoms with Gasteiger partial charge in [-0.1, -0.05) is 15.9 Å². The number of amides is 1. The van der Waals surface area contributed by atoms with E-state index in [9.17, 15) is 9.59 Å². The minimum Gasteiger partial charge on any atom is -0.478 e. The summed E-state index contributed by atoms with van der Waals surface area (Å²) < 4.78 is 0. The number of benzene rings is 1. The van der Waals surface area contributed by atoms with Crippen LogP contribution in [0.2, 0.25) is 0 Å². The number of carbonyl (C=O) groups is 2. The Kier molecular flexibility index (Phi) is 3.85. The molecule has 1 unspecified atom stereocenters. The van der Waals surface area contributed by atoms with Gasteiger partial charge in [-0.25, -0.2) is 4.79 Å². The number of aromatic carboxylic acids is 1. The van der Waals surface area contributed by atoms with E-state index >= 15 is 0 Å². The normalized spacial score (nSPS) is 11.9. The van der Waals surface area contributed by atoms with Gasteiger partial charge in [-0.05, 0) is 31.2 Å². The monoisotopic (exact) mass is 271 g/mol. The molecule has 0 radical (unpaired) electrons. The van der Waals surface area contributed by atoms with E-state index < -0.39 is 5.97 Å². The molecular formula is C10H10BrNO3. The summed E-state index contributed by atoms with van der Waals surface area (Å²) in [6.07, 6.45) is 0. The van der Waals surface area contributed by atoms with E-state index in [-0.39, 0.29) is 16.3 Å². The van der Waals surface area contributed by atoms with E-state index in [0.717, 1.165) is 0 Å². The van der Waals surface area contributed by atoms with Crippen LogP contribution in [0.25, 0.3) is 0 Å². The zero-order valence-electron chi connectivity index (χ0n) is 8.03. The molecule has 0 bridgehead atoms. The van der Waals surface area contributed by atoms with Crippen LogP contribution < -0.4 is 5.32 Å². The lowest BCUT2D eigenvalue weighted by atomic mass is 10.2. The Balaban J connectivity index is 2.73. The number of hydrogen-bond acceptors (Lipinski definition) is 2.